The van der Waals surface area contributed by atoms with E-state index in [2.05, 4.69) is 26.3 Å². The third kappa shape index (κ3) is 7.13. The van der Waals surface area contributed by atoms with Crippen molar-refractivity contribution >= 4 is 40.8 Å². The summed E-state index contributed by atoms with van der Waals surface area (Å²) in [5.74, 6) is -2.28. The van der Waals surface area contributed by atoms with Gasteiger partial charge < -0.3 is 31.0 Å². The number of aromatic nitrogens is 1. The minimum Gasteiger partial charge on any atom is -0.356 e. The molecular formula is C30H35N5O5. The Kier molecular flexibility index (Phi) is 9.31. The van der Waals surface area contributed by atoms with Crippen LogP contribution in [0.3, 0.4) is 0 Å². The number of benzene rings is 2. The number of nitrogens with one attached hydrogen (secondary N) is 5. The molecule has 10 nitrogen and oxygen atoms in total. The maximum absolute atomic E-state index is 13.5. The molecule has 40 heavy (non-hydrogen) atoms. The fraction of sp³-hybridized carbons (Fsp3) is 0.367. The number of carbonyl (C=O) groups is 5. The molecule has 10 heteroatoms. The number of H-pyrrole nitrogens is 1. The topological polar surface area (TPSA) is 149 Å². The van der Waals surface area contributed by atoms with E-state index in [1.165, 1.54) is 0 Å². The lowest BCUT2D eigenvalue weighted by Gasteiger charge is -2.26. The Bertz CT molecular complexity index is 1340. The Balaban J connectivity index is 1.48. The number of para-hydroxylation sites is 1. The fourth-order valence-electron chi connectivity index (χ4n) is 4.88. The minimum absolute atomic E-state index is 0.138. The summed E-state index contributed by atoms with van der Waals surface area (Å²) in [6.45, 7) is 4.14. The van der Waals surface area contributed by atoms with Gasteiger partial charge >= 0.3 is 0 Å². The number of fused-ring (bicyclic) bond motifs is 1. The molecule has 4 atom stereocenters. The first-order chi connectivity index (χ1) is 19.2. The van der Waals surface area contributed by atoms with E-state index >= 15 is 0 Å². The van der Waals surface area contributed by atoms with Crippen molar-refractivity contribution in [2.24, 2.45) is 11.8 Å². The molecule has 0 bridgehead atoms. The molecular weight excluding hydrogens is 510 g/mol. The van der Waals surface area contributed by atoms with Gasteiger partial charge in [0, 0.05) is 29.8 Å². The minimum atomic E-state index is -1.01. The van der Waals surface area contributed by atoms with Crippen molar-refractivity contribution in [3.8, 4) is 0 Å². The second-order valence-corrected chi connectivity index (χ2v) is 10.5. The molecule has 0 radical (unpaired) electrons. The lowest BCUT2D eigenvalue weighted by atomic mass is 9.98. The first-order valence-electron chi connectivity index (χ1n) is 13.5. The molecule has 1 aliphatic heterocycles. The summed E-state index contributed by atoms with van der Waals surface area (Å²) >= 11 is 0. The Morgan fingerprint density at radius 3 is 2.35 bits per heavy atom. The van der Waals surface area contributed by atoms with Gasteiger partial charge in [-0.15, -0.1) is 0 Å². The lowest BCUT2D eigenvalue weighted by Crippen LogP contribution is -2.57. The van der Waals surface area contributed by atoms with Crippen LogP contribution < -0.4 is 21.3 Å². The van der Waals surface area contributed by atoms with E-state index in [0.717, 1.165) is 16.5 Å². The van der Waals surface area contributed by atoms with Gasteiger partial charge in [0.25, 0.3) is 5.91 Å². The highest BCUT2D eigenvalue weighted by Crippen LogP contribution is 2.17. The maximum atomic E-state index is 13.5. The Morgan fingerprint density at radius 2 is 1.70 bits per heavy atom. The molecule has 1 unspecified atom stereocenters. The van der Waals surface area contributed by atoms with Crippen molar-refractivity contribution < 1.29 is 24.0 Å². The van der Waals surface area contributed by atoms with Crippen LogP contribution in [0.15, 0.2) is 60.7 Å². The number of hydrogen-bond acceptors (Lipinski definition) is 5. The molecule has 1 aromatic heterocycles. The summed E-state index contributed by atoms with van der Waals surface area (Å²) in [6, 6.07) is 15.6. The average Bonchev–Trinajstić information content (AvgIpc) is 3.57. The molecule has 210 valence electrons. The molecule has 2 heterocycles. The zero-order chi connectivity index (χ0) is 28.6. The van der Waals surface area contributed by atoms with Gasteiger partial charge in [-0.3, -0.25) is 19.2 Å². The van der Waals surface area contributed by atoms with Crippen LogP contribution in [-0.4, -0.2) is 59.6 Å². The predicted octanol–water partition coefficient (Wildman–Crippen LogP) is 1.86. The van der Waals surface area contributed by atoms with Gasteiger partial charge in [0.15, 0.2) is 0 Å². The number of carbonyl (C=O) groups excluding carboxylic acids is 5. The molecule has 2 aromatic carbocycles. The summed E-state index contributed by atoms with van der Waals surface area (Å²) in [7, 11) is 0. The van der Waals surface area contributed by atoms with E-state index in [0.29, 0.717) is 24.9 Å². The van der Waals surface area contributed by atoms with Crippen molar-refractivity contribution in [3.05, 3.63) is 71.9 Å². The van der Waals surface area contributed by atoms with Crippen LogP contribution in [0.4, 0.5) is 0 Å². The summed E-state index contributed by atoms with van der Waals surface area (Å²) in [6.07, 6.45) is 1.56. The van der Waals surface area contributed by atoms with E-state index in [1.807, 2.05) is 54.6 Å². The quantitative estimate of drug-likeness (QED) is 0.220. The number of aldehydes is 1. The summed E-state index contributed by atoms with van der Waals surface area (Å²) in [4.78, 5) is 66.7. The maximum Gasteiger partial charge on any atom is 0.268 e. The highest BCUT2D eigenvalue weighted by atomic mass is 16.2. The molecule has 5 N–H and O–H groups in total. The van der Waals surface area contributed by atoms with Gasteiger partial charge in [-0.05, 0) is 36.5 Å². The van der Waals surface area contributed by atoms with Crippen LogP contribution in [0.2, 0.25) is 0 Å². The van der Waals surface area contributed by atoms with Crippen molar-refractivity contribution in [2.45, 2.75) is 51.2 Å². The normalized spacial score (nSPS) is 17.1. The zero-order valence-corrected chi connectivity index (χ0v) is 22.6. The van der Waals surface area contributed by atoms with E-state index in [9.17, 15) is 24.0 Å². The predicted molar refractivity (Wildman–Crippen MR) is 150 cm³/mol. The van der Waals surface area contributed by atoms with Gasteiger partial charge in [0.1, 0.15) is 24.1 Å². The van der Waals surface area contributed by atoms with Gasteiger partial charge in [-0.25, -0.2) is 0 Å². The number of aromatic amines is 1. The molecule has 1 fully saturated rings. The van der Waals surface area contributed by atoms with Gasteiger partial charge in [-0.1, -0.05) is 62.4 Å². The summed E-state index contributed by atoms with van der Waals surface area (Å²) in [5.41, 5.74) is 1.93. The first-order valence-corrected chi connectivity index (χ1v) is 13.5. The van der Waals surface area contributed by atoms with Crippen LogP contribution in [0.1, 0.15) is 42.7 Å². The average molecular weight is 546 g/mol. The highest BCUT2D eigenvalue weighted by Gasteiger charge is 2.32. The molecule has 4 rings (SSSR count). The van der Waals surface area contributed by atoms with Crippen LogP contribution in [0.5, 0.6) is 0 Å². The standard InChI is InChI=1S/C30H35N5O5/c1-18(2)26(35-29(39)25-16-20-10-6-7-11-23(20)33-25)30(40)34-24(14-19-8-4-3-5-9-19)28(38)32-22(17-36)15-21-12-13-31-27(21)37/h3-11,16-18,21-22,24,26,33H,12-15H2,1-2H3,(H,31,37)(H,32,38)(H,34,40)(H,35,39)/t21-,22-,24-,26?/m0/s1. The van der Waals surface area contributed by atoms with Crippen LogP contribution in [0.25, 0.3) is 10.9 Å². The zero-order valence-electron chi connectivity index (χ0n) is 22.6. The Morgan fingerprint density at radius 1 is 0.975 bits per heavy atom. The largest absolute Gasteiger partial charge is 0.356 e. The Labute approximate surface area is 232 Å². The smallest absolute Gasteiger partial charge is 0.268 e. The fourth-order valence-corrected chi connectivity index (χ4v) is 4.88. The SMILES string of the molecule is CC(C)C(NC(=O)c1cc2ccccc2[nH]1)C(=O)N[C@@H](Cc1ccccc1)C(=O)N[C@H](C=O)C[C@@H]1CCNC1=O. The highest BCUT2D eigenvalue weighted by molar-refractivity contribution is 6.00. The summed E-state index contributed by atoms with van der Waals surface area (Å²) in [5, 5.41) is 11.9. The molecule has 3 aromatic rings. The van der Waals surface area contributed by atoms with Crippen LogP contribution in [0, 0.1) is 11.8 Å². The van der Waals surface area contributed by atoms with Crippen molar-refractivity contribution in [3.63, 3.8) is 0 Å². The number of hydrogen-bond donors (Lipinski definition) is 5. The lowest BCUT2D eigenvalue weighted by molar-refractivity contribution is -0.131. The third-order valence-corrected chi connectivity index (χ3v) is 7.12. The second kappa shape index (κ2) is 13.1. The van der Waals surface area contributed by atoms with Gasteiger partial charge in [0.05, 0.1) is 6.04 Å². The van der Waals surface area contributed by atoms with E-state index in [1.54, 1.807) is 19.9 Å². The second-order valence-electron chi connectivity index (χ2n) is 10.5. The summed E-state index contributed by atoms with van der Waals surface area (Å²) < 4.78 is 0. The first kappa shape index (κ1) is 28.5. The van der Waals surface area contributed by atoms with E-state index in [-0.39, 0.29) is 30.6 Å². The molecule has 0 spiro atoms. The van der Waals surface area contributed by atoms with Gasteiger partial charge in [0.2, 0.25) is 17.7 Å². The molecule has 0 aliphatic carbocycles. The molecule has 1 aliphatic rings. The molecule has 4 amide bonds. The van der Waals surface area contributed by atoms with Crippen molar-refractivity contribution in [1.82, 2.24) is 26.3 Å². The number of amides is 4. The van der Waals surface area contributed by atoms with Crippen LogP contribution >= 0.6 is 0 Å². The van der Waals surface area contributed by atoms with E-state index in [4.69, 9.17) is 0 Å². The van der Waals surface area contributed by atoms with Gasteiger partial charge in [-0.2, -0.15) is 0 Å². The Hall–Kier alpha value is -4.47. The molecule has 1 saturated heterocycles. The molecule has 0 saturated carbocycles. The third-order valence-electron chi connectivity index (χ3n) is 7.12. The monoisotopic (exact) mass is 545 g/mol. The van der Waals surface area contributed by atoms with Crippen molar-refractivity contribution in [1.29, 1.82) is 0 Å². The van der Waals surface area contributed by atoms with Crippen molar-refractivity contribution in [2.75, 3.05) is 6.54 Å². The van der Waals surface area contributed by atoms with E-state index < -0.39 is 35.8 Å². The van der Waals surface area contributed by atoms with Crippen LogP contribution in [-0.2, 0) is 25.6 Å². The number of rotatable bonds is 12.